The molecule has 2 aliphatic rings. The molecule has 2 fully saturated rings. The lowest BCUT2D eigenvalue weighted by molar-refractivity contribution is -0.155. The number of carbonyl (C=O) groups is 1. The van der Waals surface area contributed by atoms with Gasteiger partial charge in [0, 0.05) is 30.3 Å². The zero-order valence-corrected chi connectivity index (χ0v) is 19.6. The van der Waals surface area contributed by atoms with Crippen molar-refractivity contribution < 1.29 is 14.3 Å². The van der Waals surface area contributed by atoms with E-state index in [0.29, 0.717) is 18.4 Å². The average molecular weight is 417 g/mol. The normalized spacial score (nSPS) is 31.5. The number of fused-ring (bicyclic) bond motifs is 1. The predicted molar refractivity (Wildman–Crippen MR) is 121 cm³/mol. The van der Waals surface area contributed by atoms with Crippen LogP contribution in [0.3, 0.4) is 0 Å². The summed E-state index contributed by atoms with van der Waals surface area (Å²) < 4.78 is 12.6. The number of likely N-dealkylation sites (N-methyl/N-ethyl adjacent to an activating group) is 1. The third-order valence-electron chi connectivity index (χ3n) is 6.79. The number of rotatable bonds is 7. The SMILES string of the molecule is CC(C)C(=O)N[C@]1(C)C[C@H](c2cccc(OCCN(C)C)c2)O[C@@H]2C[C@H](C)CC[C@H]21. The minimum absolute atomic E-state index is 0.0162. The Morgan fingerprint density at radius 2 is 2.10 bits per heavy atom. The van der Waals surface area contributed by atoms with Gasteiger partial charge in [0.2, 0.25) is 5.91 Å². The van der Waals surface area contributed by atoms with Crippen molar-refractivity contribution >= 4 is 5.91 Å². The quantitative estimate of drug-likeness (QED) is 0.715. The Labute approximate surface area is 182 Å². The second-order valence-corrected chi connectivity index (χ2v) is 10.2. The van der Waals surface area contributed by atoms with Gasteiger partial charge in [-0.3, -0.25) is 4.79 Å². The Hall–Kier alpha value is -1.59. The molecule has 1 aliphatic heterocycles. The van der Waals surface area contributed by atoms with E-state index in [0.717, 1.165) is 37.1 Å². The number of nitrogens with zero attached hydrogens (tertiary/aromatic N) is 1. The van der Waals surface area contributed by atoms with Crippen molar-refractivity contribution in [3.63, 3.8) is 0 Å². The molecule has 168 valence electrons. The Morgan fingerprint density at radius 3 is 2.80 bits per heavy atom. The number of hydrogen-bond acceptors (Lipinski definition) is 4. The van der Waals surface area contributed by atoms with E-state index >= 15 is 0 Å². The first-order valence-corrected chi connectivity index (χ1v) is 11.5. The van der Waals surface area contributed by atoms with Gasteiger partial charge >= 0.3 is 0 Å². The molecule has 1 saturated carbocycles. The van der Waals surface area contributed by atoms with Crippen molar-refractivity contribution in [1.29, 1.82) is 0 Å². The van der Waals surface area contributed by atoms with E-state index in [2.05, 4.69) is 36.2 Å². The Balaban J connectivity index is 1.80. The van der Waals surface area contributed by atoms with Gasteiger partial charge in [-0.05, 0) is 57.5 Å². The van der Waals surface area contributed by atoms with Crippen molar-refractivity contribution in [3.8, 4) is 5.75 Å². The van der Waals surface area contributed by atoms with Crippen LogP contribution in [0.2, 0.25) is 0 Å². The van der Waals surface area contributed by atoms with E-state index in [9.17, 15) is 4.79 Å². The highest BCUT2D eigenvalue weighted by Gasteiger charge is 2.49. The van der Waals surface area contributed by atoms with E-state index in [1.165, 1.54) is 6.42 Å². The Morgan fingerprint density at radius 1 is 1.33 bits per heavy atom. The lowest BCUT2D eigenvalue weighted by atomic mass is 9.66. The summed E-state index contributed by atoms with van der Waals surface area (Å²) >= 11 is 0. The van der Waals surface area contributed by atoms with Crippen LogP contribution < -0.4 is 10.1 Å². The molecule has 0 spiro atoms. The van der Waals surface area contributed by atoms with Crippen molar-refractivity contribution in [1.82, 2.24) is 10.2 Å². The number of carbonyl (C=O) groups excluding carboxylic acids is 1. The summed E-state index contributed by atoms with van der Waals surface area (Å²) in [5.41, 5.74) is 0.885. The maximum Gasteiger partial charge on any atom is 0.222 e. The van der Waals surface area contributed by atoms with Crippen LogP contribution in [0.25, 0.3) is 0 Å². The molecule has 1 N–H and O–H groups in total. The molecule has 3 rings (SSSR count). The summed E-state index contributed by atoms with van der Waals surface area (Å²) in [5.74, 6) is 2.03. The molecule has 5 nitrogen and oxygen atoms in total. The first kappa shape index (κ1) is 23.1. The van der Waals surface area contributed by atoms with Crippen LogP contribution in [-0.2, 0) is 9.53 Å². The summed E-state index contributed by atoms with van der Waals surface area (Å²) in [4.78, 5) is 14.8. The molecule has 0 radical (unpaired) electrons. The third kappa shape index (κ3) is 5.55. The smallest absolute Gasteiger partial charge is 0.222 e. The molecule has 0 aromatic heterocycles. The van der Waals surface area contributed by atoms with Gasteiger partial charge in [0.25, 0.3) is 0 Å². The molecule has 1 aromatic carbocycles. The van der Waals surface area contributed by atoms with Crippen molar-refractivity contribution in [2.75, 3.05) is 27.2 Å². The van der Waals surface area contributed by atoms with Gasteiger partial charge in [-0.1, -0.05) is 39.3 Å². The van der Waals surface area contributed by atoms with Crippen LogP contribution in [0.1, 0.15) is 65.0 Å². The maximum absolute atomic E-state index is 12.6. The van der Waals surface area contributed by atoms with Gasteiger partial charge in [0.05, 0.1) is 12.2 Å². The topological polar surface area (TPSA) is 50.8 Å². The summed E-state index contributed by atoms with van der Waals surface area (Å²) in [6.45, 7) is 10.0. The van der Waals surface area contributed by atoms with Crippen LogP contribution in [0.4, 0.5) is 0 Å². The molecular weight excluding hydrogens is 376 g/mol. The number of benzene rings is 1. The molecule has 1 aliphatic carbocycles. The molecule has 1 saturated heterocycles. The zero-order chi connectivity index (χ0) is 21.9. The molecule has 1 heterocycles. The molecule has 30 heavy (non-hydrogen) atoms. The first-order valence-electron chi connectivity index (χ1n) is 11.5. The second-order valence-electron chi connectivity index (χ2n) is 10.2. The molecular formula is C25H40N2O3. The lowest BCUT2D eigenvalue weighted by Gasteiger charge is -2.52. The molecule has 1 aromatic rings. The highest BCUT2D eigenvalue weighted by molar-refractivity contribution is 5.78. The van der Waals surface area contributed by atoms with Crippen LogP contribution >= 0.6 is 0 Å². The molecule has 0 bridgehead atoms. The largest absolute Gasteiger partial charge is 0.492 e. The number of hydrogen-bond donors (Lipinski definition) is 1. The fourth-order valence-corrected chi connectivity index (χ4v) is 4.92. The van der Waals surface area contributed by atoms with Gasteiger partial charge in [-0.15, -0.1) is 0 Å². The highest BCUT2D eigenvalue weighted by Crippen LogP contribution is 2.48. The van der Waals surface area contributed by atoms with Crippen LogP contribution in [-0.4, -0.2) is 49.7 Å². The fraction of sp³-hybridized carbons (Fsp3) is 0.720. The molecule has 0 unspecified atom stereocenters. The van der Waals surface area contributed by atoms with Gasteiger partial charge in [-0.25, -0.2) is 0 Å². The number of amides is 1. The second kappa shape index (κ2) is 9.69. The summed E-state index contributed by atoms with van der Waals surface area (Å²) in [6, 6.07) is 8.29. The monoisotopic (exact) mass is 416 g/mol. The highest BCUT2D eigenvalue weighted by atomic mass is 16.5. The number of ether oxygens (including phenoxy) is 2. The molecule has 1 amide bonds. The van der Waals surface area contributed by atoms with Gasteiger partial charge < -0.3 is 19.7 Å². The number of nitrogens with one attached hydrogen (secondary N) is 1. The predicted octanol–water partition coefficient (Wildman–Crippen LogP) is 4.42. The maximum atomic E-state index is 12.6. The lowest BCUT2D eigenvalue weighted by Crippen LogP contribution is -2.61. The standard InChI is InChI=1S/C25H40N2O3/c1-17(2)24(28)26-25(4)16-23(30-22-14-18(3)10-11-21(22)25)19-8-7-9-20(15-19)29-13-12-27(5)6/h7-9,15,17-18,21-23H,10-14,16H2,1-6H3,(H,26,28)/t18-,21-,22-,23-,25-/m1/s1. The Bertz CT molecular complexity index is 720. The van der Waals surface area contributed by atoms with Gasteiger partial charge in [0.1, 0.15) is 12.4 Å². The summed E-state index contributed by atoms with van der Waals surface area (Å²) in [7, 11) is 4.09. The van der Waals surface area contributed by atoms with Gasteiger partial charge in [0.15, 0.2) is 0 Å². The van der Waals surface area contributed by atoms with Crippen molar-refractivity contribution in [3.05, 3.63) is 29.8 Å². The Kier molecular flexibility index (Phi) is 7.46. The van der Waals surface area contributed by atoms with E-state index < -0.39 is 0 Å². The zero-order valence-electron chi connectivity index (χ0n) is 19.6. The summed E-state index contributed by atoms with van der Waals surface area (Å²) in [5, 5.41) is 3.41. The minimum atomic E-state index is -0.253. The average Bonchev–Trinajstić information content (AvgIpc) is 2.67. The van der Waals surface area contributed by atoms with E-state index in [1.54, 1.807) is 0 Å². The van der Waals surface area contributed by atoms with Crippen LogP contribution in [0.15, 0.2) is 24.3 Å². The molecule has 5 atom stereocenters. The first-order chi connectivity index (χ1) is 14.2. The van der Waals surface area contributed by atoms with Crippen molar-refractivity contribution in [2.24, 2.45) is 17.8 Å². The van der Waals surface area contributed by atoms with Crippen LogP contribution in [0.5, 0.6) is 5.75 Å². The van der Waals surface area contributed by atoms with E-state index in [-0.39, 0.29) is 29.6 Å². The van der Waals surface area contributed by atoms with E-state index in [1.807, 2.05) is 40.1 Å². The third-order valence-corrected chi connectivity index (χ3v) is 6.79. The fourth-order valence-electron chi connectivity index (χ4n) is 4.92. The minimum Gasteiger partial charge on any atom is -0.492 e. The van der Waals surface area contributed by atoms with E-state index in [4.69, 9.17) is 9.47 Å². The van der Waals surface area contributed by atoms with Gasteiger partial charge in [-0.2, -0.15) is 0 Å². The summed E-state index contributed by atoms with van der Waals surface area (Å²) in [6.07, 6.45) is 4.32. The van der Waals surface area contributed by atoms with Crippen LogP contribution in [0, 0.1) is 17.8 Å². The van der Waals surface area contributed by atoms with Crippen molar-refractivity contribution in [2.45, 2.75) is 71.1 Å². The molecule has 5 heteroatoms.